The summed E-state index contributed by atoms with van der Waals surface area (Å²) in [6.07, 6.45) is 28.3. The van der Waals surface area contributed by atoms with Crippen molar-refractivity contribution in [2.45, 2.75) is 50.5 Å². The molecular formula is C49H41NO. The van der Waals surface area contributed by atoms with E-state index >= 15 is 0 Å². The Hall–Kier alpha value is -5.60. The Morgan fingerprint density at radius 1 is 0.725 bits per heavy atom. The minimum absolute atomic E-state index is 0.0489. The number of nitrogens with zero attached hydrogens (tertiary/aromatic N) is 1. The molecule has 0 bridgehead atoms. The standard InChI is InChI=1S/C49H41NO/c1-49(2)43-18-10-8-16-39(43)40-28-26-37(31-44(40)49)50(45-29-23-33-12-6-7-15-38(33)48(45)34-13-4-3-5-14-34)36-24-20-32(21-25-36)35-22-27-42-41-17-9-11-19-46(41)51-47(42)30-35/h3-7,9-11,13-15,17-31,33,41,46H,8,12,16H2,1-2H3. The van der Waals surface area contributed by atoms with Gasteiger partial charge in [0.05, 0.1) is 5.70 Å². The van der Waals surface area contributed by atoms with E-state index in [4.69, 9.17) is 4.74 Å². The summed E-state index contributed by atoms with van der Waals surface area (Å²) in [5.41, 5.74) is 16.9. The van der Waals surface area contributed by atoms with Gasteiger partial charge in [0.1, 0.15) is 11.9 Å². The second kappa shape index (κ2) is 11.7. The lowest BCUT2D eigenvalue weighted by atomic mass is 9.78. The Kier molecular flexibility index (Phi) is 6.96. The normalized spacial score (nSPS) is 22.9. The van der Waals surface area contributed by atoms with E-state index < -0.39 is 0 Å². The van der Waals surface area contributed by atoms with Crippen molar-refractivity contribution in [2.75, 3.05) is 4.90 Å². The summed E-state index contributed by atoms with van der Waals surface area (Å²) in [7, 11) is 0. The van der Waals surface area contributed by atoms with Crippen LogP contribution in [0.2, 0.25) is 0 Å². The van der Waals surface area contributed by atoms with E-state index in [0.717, 1.165) is 30.7 Å². The summed E-state index contributed by atoms with van der Waals surface area (Å²) in [5.74, 6) is 1.66. The minimum Gasteiger partial charge on any atom is -0.485 e. The zero-order valence-electron chi connectivity index (χ0n) is 29.2. The van der Waals surface area contributed by atoms with Crippen LogP contribution in [-0.2, 0) is 5.41 Å². The lowest BCUT2D eigenvalue weighted by Crippen LogP contribution is -2.23. The number of hydrogen-bond acceptors (Lipinski definition) is 2. The first kappa shape index (κ1) is 30.2. The second-order valence-corrected chi connectivity index (χ2v) is 15.1. The molecule has 3 atom stereocenters. The molecule has 6 aliphatic rings. The summed E-state index contributed by atoms with van der Waals surface area (Å²) in [6.45, 7) is 4.79. The maximum absolute atomic E-state index is 6.38. The number of hydrogen-bond donors (Lipinski definition) is 0. The van der Waals surface area contributed by atoms with Crippen LogP contribution in [0.5, 0.6) is 5.75 Å². The van der Waals surface area contributed by atoms with Gasteiger partial charge in [0.15, 0.2) is 0 Å². The molecule has 0 amide bonds. The Labute approximate surface area is 301 Å². The lowest BCUT2D eigenvalue weighted by Gasteiger charge is -2.35. The second-order valence-electron chi connectivity index (χ2n) is 15.1. The van der Waals surface area contributed by atoms with E-state index in [-0.39, 0.29) is 11.5 Å². The molecule has 0 saturated carbocycles. The van der Waals surface area contributed by atoms with Gasteiger partial charge >= 0.3 is 0 Å². The largest absolute Gasteiger partial charge is 0.485 e. The van der Waals surface area contributed by atoms with E-state index in [1.54, 1.807) is 0 Å². The molecule has 0 saturated heterocycles. The molecule has 3 unspecified atom stereocenters. The van der Waals surface area contributed by atoms with Crippen molar-refractivity contribution >= 4 is 22.5 Å². The summed E-state index contributed by atoms with van der Waals surface area (Å²) in [6, 6.07) is 34.0. The van der Waals surface area contributed by atoms with Gasteiger partial charge in [-0.05, 0) is 106 Å². The number of ether oxygens (including phenoxy) is 1. The smallest absolute Gasteiger partial charge is 0.128 e. The van der Waals surface area contributed by atoms with Gasteiger partial charge in [-0.2, -0.15) is 0 Å². The summed E-state index contributed by atoms with van der Waals surface area (Å²) in [5, 5.41) is 0. The highest BCUT2D eigenvalue weighted by Gasteiger charge is 2.38. The average Bonchev–Trinajstić information content (AvgIpc) is 3.67. The van der Waals surface area contributed by atoms with Crippen molar-refractivity contribution in [1.82, 2.24) is 0 Å². The third-order valence-electron chi connectivity index (χ3n) is 11.8. The number of fused-ring (bicyclic) bond motifs is 6. The predicted molar refractivity (Wildman–Crippen MR) is 212 cm³/mol. The summed E-state index contributed by atoms with van der Waals surface area (Å²) >= 11 is 0. The first-order valence-electron chi connectivity index (χ1n) is 18.5. The van der Waals surface area contributed by atoms with Gasteiger partial charge in [0.2, 0.25) is 0 Å². The Bertz CT molecular complexity index is 2340. The molecule has 10 rings (SSSR count). The molecule has 0 N–H and O–H groups in total. The van der Waals surface area contributed by atoms with Crippen LogP contribution < -0.4 is 9.64 Å². The first-order valence-corrected chi connectivity index (χ1v) is 18.5. The maximum Gasteiger partial charge on any atom is 0.128 e. The fraction of sp³-hybridized carbons (Fsp3) is 0.184. The Morgan fingerprint density at radius 3 is 2.43 bits per heavy atom. The number of benzene rings is 4. The zero-order chi connectivity index (χ0) is 34.1. The van der Waals surface area contributed by atoms with Gasteiger partial charge in [-0.15, -0.1) is 0 Å². The summed E-state index contributed by atoms with van der Waals surface area (Å²) in [4.78, 5) is 2.50. The highest BCUT2D eigenvalue weighted by atomic mass is 16.5. The van der Waals surface area contributed by atoms with Crippen molar-refractivity contribution in [3.63, 3.8) is 0 Å². The Balaban J connectivity index is 1.12. The van der Waals surface area contributed by atoms with Crippen LogP contribution in [0.15, 0.2) is 175 Å². The molecule has 1 aliphatic heterocycles. The molecular weight excluding hydrogens is 619 g/mol. The molecule has 5 aliphatic carbocycles. The highest BCUT2D eigenvalue weighted by Crippen LogP contribution is 2.52. The van der Waals surface area contributed by atoms with Crippen LogP contribution in [0.1, 0.15) is 61.3 Å². The molecule has 0 fully saturated rings. The molecule has 4 aromatic rings. The zero-order valence-corrected chi connectivity index (χ0v) is 29.2. The lowest BCUT2D eigenvalue weighted by molar-refractivity contribution is 0.269. The average molecular weight is 660 g/mol. The number of anilines is 2. The molecule has 2 heteroatoms. The van der Waals surface area contributed by atoms with Gasteiger partial charge in [-0.25, -0.2) is 0 Å². The molecule has 4 aromatic carbocycles. The van der Waals surface area contributed by atoms with Crippen molar-refractivity contribution in [1.29, 1.82) is 0 Å². The maximum atomic E-state index is 6.38. The van der Waals surface area contributed by atoms with Crippen LogP contribution in [0.25, 0.3) is 22.3 Å². The monoisotopic (exact) mass is 659 g/mol. The van der Waals surface area contributed by atoms with E-state index in [9.17, 15) is 0 Å². The molecule has 0 aromatic heterocycles. The summed E-state index contributed by atoms with van der Waals surface area (Å²) < 4.78 is 6.38. The van der Waals surface area contributed by atoms with Crippen LogP contribution in [0.3, 0.4) is 0 Å². The predicted octanol–water partition coefficient (Wildman–Crippen LogP) is 12.3. The Morgan fingerprint density at radius 2 is 1.55 bits per heavy atom. The van der Waals surface area contributed by atoms with Gasteiger partial charge in [0, 0.05) is 39.8 Å². The van der Waals surface area contributed by atoms with Crippen molar-refractivity contribution in [3.05, 3.63) is 197 Å². The fourth-order valence-corrected chi connectivity index (χ4v) is 9.22. The molecule has 248 valence electrons. The molecule has 0 spiro atoms. The fourth-order valence-electron chi connectivity index (χ4n) is 9.22. The third-order valence-corrected chi connectivity index (χ3v) is 11.8. The first-order chi connectivity index (χ1) is 25.0. The van der Waals surface area contributed by atoms with Gasteiger partial charge in [-0.1, -0.05) is 129 Å². The van der Waals surface area contributed by atoms with Crippen LogP contribution in [0, 0.1) is 5.92 Å². The molecule has 1 heterocycles. The number of allylic oxidation sites excluding steroid dienone is 13. The molecule has 2 nitrogen and oxygen atoms in total. The van der Waals surface area contributed by atoms with Gasteiger partial charge in [0.25, 0.3) is 0 Å². The molecule has 51 heavy (non-hydrogen) atoms. The third kappa shape index (κ3) is 4.84. The van der Waals surface area contributed by atoms with Gasteiger partial charge < -0.3 is 9.64 Å². The number of rotatable bonds is 5. The van der Waals surface area contributed by atoms with E-state index in [1.165, 1.54) is 67.1 Å². The van der Waals surface area contributed by atoms with E-state index in [0.29, 0.717) is 11.8 Å². The minimum atomic E-state index is -0.0489. The quantitative estimate of drug-likeness (QED) is 0.211. The SMILES string of the molecule is CC1(C)C2=C(CCC=C2)c2ccc(N(C3=C(c4ccccc4)C4=CC=CCC4C=C3)c3ccc(-c4ccc5c(c4)OC4C=CC=CC54)cc3)cc21. The van der Waals surface area contributed by atoms with E-state index in [1.807, 2.05) is 0 Å². The van der Waals surface area contributed by atoms with Crippen LogP contribution >= 0.6 is 0 Å². The van der Waals surface area contributed by atoms with Crippen molar-refractivity contribution < 1.29 is 4.74 Å². The van der Waals surface area contributed by atoms with E-state index in [2.05, 4.69) is 177 Å². The van der Waals surface area contributed by atoms with Gasteiger partial charge in [-0.3, -0.25) is 0 Å². The van der Waals surface area contributed by atoms with Crippen molar-refractivity contribution in [3.8, 4) is 16.9 Å². The van der Waals surface area contributed by atoms with Crippen LogP contribution in [0.4, 0.5) is 11.4 Å². The topological polar surface area (TPSA) is 12.5 Å². The van der Waals surface area contributed by atoms with Crippen molar-refractivity contribution in [2.24, 2.45) is 5.92 Å². The highest BCUT2D eigenvalue weighted by molar-refractivity contribution is 5.92. The molecule has 0 radical (unpaired) electrons. The van der Waals surface area contributed by atoms with Crippen LogP contribution in [-0.4, -0.2) is 6.10 Å².